The normalized spacial score (nSPS) is 12.2. The third-order valence-electron chi connectivity index (χ3n) is 7.21. The number of anilines is 1. The second kappa shape index (κ2) is 14.4. The number of aryl methyl sites for hydroxylation is 1. The average molecular weight is 628 g/mol. The molecule has 0 aliphatic carbocycles. The van der Waals surface area contributed by atoms with E-state index in [1.807, 2.05) is 88.4 Å². The van der Waals surface area contributed by atoms with Crippen LogP contribution >= 0.6 is 0 Å². The smallest absolute Gasteiger partial charge is 0.264 e. The van der Waals surface area contributed by atoms with Crippen molar-refractivity contribution in [3.05, 3.63) is 126 Å². The maximum absolute atomic E-state index is 14.5. The Hall–Kier alpha value is -4.63. The number of sulfonamides is 1. The lowest BCUT2D eigenvalue weighted by atomic mass is 10.0. The largest absolute Gasteiger partial charge is 0.497 e. The molecule has 236 valence electrons. The van der Waals surface area contributed by atoms with E-state index in [-0.39, 0.29) is 23.8 Å². The van der Waals surface area contributed by atoms with E-state index in [2.05, 4.69) is 5.32 Å². The van der Waals surface area contributed by atoms with E-state index in [0.717, 1.165) is 21.0 Å². The summed E-state index contributed by atoms with van der Waals surface area (Å²) in [7, 11) is -2.66. The van der Waals surface area contributed by atoms with Gasteiger partial charge in [0.05, 0.1) is 17.7 Å². The molecule has 9 heteroatoms. The number of nitrogens with one attached hydrogen (secondary N) is 1. The predicted octanol–water partition coefficient (Wildman–Crippen LogP) is 5.75. The number of ether oxygens (including phenoxy) is 1. The average Bonchev–Trinajstić information content (AvgIpc) is 3.02. The zero-order valence-corrected chi connectivity index (χ0v) is 27.3. The van der Waals surface area contributed by atoms with E-state index in [4.69, 9.17) is 4.74 Å². The molecule has 0 aliphatic rings. The Morgan fingerprint density at radius 2 is 1.36 bits per heavy atom. The molecule has 0 spiro atoms. The van der Waals surface area contributed by atoms with Gasteiger partial charge >= 0.3 is 0 Å². The van der Waals surface area contributed by atoms with Crippen LogP contribution in [0.4, 0.5) is 5.69 Å². The van der Waals surface area contributed by atoms with Crippen molar-refractivity contribution in [2.24, 2.45) is 0 Å². The van der Waals surface area contributed by atoms with E-state index in [1.54, 1.807) is 36.4 Å². The lowest BCUT2D eigenvalue weighted by Crippen LogP contribution is -2.56. The van der Waals surface area contributed by atoms with Gasteiger partial charge in [-0.1, -0.05) is 78.4 Å². The number of hydrogen-bond acceptors (Lipinski definition) is 5. The van der Waals surface area contributed by atoms with E-state index < -0.39 is 34.1 Å². The molecule has 0 aliphatic heterocycles. The summed E-state index contributed by atoms with van der Waals surface area (Å²) in [5.74, 6) is -0.298. The van der Waals surface area contributed by atoms with Gasteiger partial charge in [-0.15, -0.1) is 0 Å². The molecular weight excluding hydrogens is 586 g/mol. The Bertz CT molecular complexity index is 1670. The number of carbonyl (C=O) groups is 2. The van der Waals surface area contributed by atoms with Crippen LogP contribution in [-0.4, -0.2) is 50.4 Å². The summed E-state index contributed by atoms with van der Waals surface area (Å²) in [6.45, 7) is 7.10. The molecule has 2 amide bonds. The van der Waals surface area contributed by atoms with Crippen LogP contribution in [0.3, 0.4) is 0 Å². The monoisotopic (exact) mass is 627 g/mol. The maximum Gasteiger partial charge on any atom is 0.264 e. The standard InChI is InChI=1S/C36H41N3O5S/c1-27-16-22-32(23-17-27)45(42,43)39(30-18-20-31(44-5)21-19-30)26-34(40)38(25-29-14-10-7-11-15-29)33(35(41)37-36(2,3)4)24-28-12-8-6-9-13-28/h6-23,33H,24-26H2,1-5H3,(H,37,41). The highest BCUT2D eigenvalue weighted by molar-refractivity contribution is 7.92. The van der Waals surface area contributed by atoms with Crippen molar-refractivity contribution in [1.82, 2.24) is 10.2 Å². The molecule has 0 saturated heterocycles. The Morgan fingerprint density at radius 3 is 1.89 bits per heavy atom. The quantitative estimate of drug-likeness (QED) is 0.216. The van der Waals surface area contributed by atoms with Gasteiger partial charge in [0.25, 0.3) is 10.0 Å². The summed E-state index contributed by atoms with van der Waals surface area (Å²) in [5.41, 5.74) is 2.32. The van der Waals surface area contributed by atoms with Gasteiger partial charge in [0.2, 0.25) is 11.8 Å². The van der Waals surface area contributed by atoms with E-state index >= 15 is 0 Å². The molecule has 0 radical (unpaired) electrons. The molecule has 0 aromatic heterocycles. The van der Waals surface area contributed by atoms with E-state index in [0.29, 0.717) is 11.4 Å². The maximum atomic E-state index is 14.5. The first-order chi connectivity index (χ1) is 21.4. The van der Waals surface area contributed by atoms with Crippen molar-refractivity contribution >= 4 is 27.5 Å². The van der Waals surface area contributed by atoms with Crippen molar-refractivity contribution in [2.75, 3.05) is 18.0 Å². The van der Waals surface area contributed by atoms with Gasteiger partial charge in [0.1, 0.15) is 18.3 Å². The molecule has 0 bridgehead atoms. The second-order valence-corrected chi connectivity index (χ2v) is 13.8. The van der Waals surface area contributed by atoms with Crippen LogP contribution in [0.5, 0.6) is 5.75 Å². The molecule has 0 heterocycles. The Morgan fingerprint density at radius 1 is 0.800 bits per heavy atom. The molecule has 1 unspecified atom stereocenters. The summed E-state index contributed by atoms with van der Waals surface area (Å²) < 4.78 is 34.7. The molecule has 4 aromatic carbocycles. The number of nitrogens with zero attached hydrogens (tertiary/aromatic N) is 2. The van der Waals surface area contributed by atoms with Crippen molar-refractivity contribution in [3.8, 4) is 5.75 Å². The lowest BCUT2D eigenvalue weighted by molar-refractivity contribution is -0.140. The Kier molecular flexibility index (Phi) is 10.7. The number of methoxy groups -OCH3 is 1. The van der Waals surface area contributed by atoms with Crippen molar-refractivity contribution in [2.45, 2.75) is 57.1 Å². The van der Waals surface area contributed by atoms with E-state index in [9.17, 15) is 18.0 Å². The van der Waals surface area contributed by atoms with E-state index in [1.165, 1.54) is 24.1 Å². The molecule has 4 rings (SSSR count). The fourth-order valence-corrected chi connectivity index (χ4v) is 6.32. The lowest BCUT2D eigenvalue weighted by Gasteiger charge is -2.35. The molecule has 1 atom stereocenters. The van der Waals surface area contributed by atoms with Crippen molar-refractivity contribution in [1.29, 1.82) is 0 Å². The van der Waals surface area contributed by atoms with Crippen molar-refractivity contribution < 1.29 is 22.7 Å². The number of hydrogen-bond donors (Lipinski definition) is 1. The second-order valence-electron chi connectivity index (χ2n) is 12.0. The molecular formula is C36H41N3O5S. The number of rotatable bonds is 12. The van der Waals surface area contributed by atoms with Gasteiger partial charge in [0, 0.05) is 18.5 Å². The molecule has 0 fully saturated rings. The van der Waals surface area contributed by atoms with Gasteiger partial charge in [-0.2, -0.15) is 0 Å². The summed E-state index contributed by atoms with van der Waals surface area (Å²) >= 11 is 0. The Balaban J connectivity index is 1.80. The number of benzene rings is 4. The fraction of sp³-hybridized carbons (Fsp3) is 0.278. The fourth-order valence-electron chi connectivity index (χ4n) is 4.90. The van der Waals surface area contributed by atoms with Gasteiger partial charge < -0.3 is 15.0 Å². The van der Waals surface area contributed by atoms with Crippen LogP contribution in [0.2, 0.25) is 0 Å². The van der Waals surface area contributed by atoms with Gasteiger partial charge in [-0.3, -0.25) is 13.9 Å². The first-order valence-corrected chi connectivity index (χ1v) is 16.2. The SMILES string of the molecule is COc1ccc(N(CC(=O)N(Cc2ccccc2)C(Cc2ccccc2)C(=O)NC(C)(C)C)S(=O)(=O)c2ccc(C)cc2)cc1. The summed E-state index contributed by atoms with van der Waals surface area (Å²) in [6.07, 6.45) is 0.245. The van der Waals surface area contributed by atoms with Crippen LogP contribution in [-0.2, 0) is 32.6 Å². The summed E-state index contributed by atoms with van der Waals surface area (Å²) in [5, 5.41) is 3.04. The zero-order valence-electron chi connectivity index (χ0n) is 26.4. The molecule has 4 aromatic rings. The van der Waals surface area contributed by atoms with Gasteiger partial charge in [0.15, 0.2) is 0 Å². The zero-order chi connectivity index (χ0) is 32.6. The molecule has 1 N–H and O–H groups in total. The molecule has 45 heavy (non-hydrogen) atoms. The summed E-state index contributed by atoms with van der Waals surface area (Å²) in [4.78, 5) is 30.0. The number of carbonyl (C=O) groups excluding carboxylic acids is 2. The number of amides is 2. The van der Waals surface area contributed by atoms with Crippen LogP contribution in [0.1, 0.15) is 37.5 Å². The Labute approximate surface area is 266 Å². The van der Waals surface area contributed by atoms with Crippen LogP contribution in [0.15, 0.2) is 114 Å². The highest BCUT2D eigenvalue weighted by Gasteiger charge is 2.35. The first-order valence-electron chi connectivity index (χ1n) is 14.8. The van der Waals surface area contributed by atoms with Crippen LogP contribution in [0.25, 0.3) is 0 Å². The third-order valence-corrected chi connectivity index (χ3v) is 9.00. The first kappa shape index (κ1) is 33.3. The summed E-state index contributed by atoms with van der Waals surface area (Å²) in [6, 6.07) is 30.9. The minimum Gasteiger partial charge on any atom is -0.497 e. The molecule has 0 saturated carbocycles. The van der Waals surface area contributed by atoms with Crippen LogP contribution < -0.4 is 14.4 Å². The predicted molar refractivity (Wildman–Crippen MR) is 178 cm³/mol. The van der Waals surface area contributed by atoms with Gasteiger partial charge in [-0.05, 0) is 75.2 Å². The highest BCUT2D eigenvalue weighted by Crippen LogP contribution is 2.27. The van der Waals surface area contributed by atoms with Crippen molar-refractivity contribution in [3.63, 3.8) is 0 Å². The minimum absolute atomic E-state index is 0.0534. The topological polar surface area (TPSA) is 96.0 Å². The highest BCUT2D eigenvalue weighted by atomic mass is 32.2. The van der Waals surface area contributed by atoms with Gasteiger partial charge in [-0.25, -0.2) is 8.42 Å². The third kappa shape index (κ3) is 8.95. The minimum atomic E-state index is -4.18. The van der Waals surface area contributed by atoms with Crippen LogP contribution in [0, 0.1) is 6.92 Å². The molecule has 8 nitrogen and oxygen atoms in total.